The summed E-state index contributed by atoms with van der Waals surface area (Å²) in [7, 11) is 0. The lowest BCUT2D eigenvalue weighted by molar-refractivity contribution is 0.668. The molecule has 7 aromatic carbocycles. The molecular formula is C49H27N5O2S. The maximum absolute atomic E-state index is 6.66. The third kappa shape index (κ3) is 5.01. The largest absolute Gasteiger partial charge is 0.456 e. The van der Waals surface area contributed by atoms with E-state index in [0.717, 1.165) is 97.7 Å². The van der Waals surface area contributed by atoms with Crippen molar-refractivity contribution in [2.75, 3.05) is 0 Å². The van der Waals surface area contributed by atoms with E-state index < -0.39 is 0 Å². The first-order valence-electron chi connectivity index (χ1n) is 18.7. The van der Waals surface area contributed by atoms with Gasteiger partial charge in [0.2, 0.25) is 0 Å². The zero-order valence-electron chi connectivity index (χ0n) is 30.0. The number of furan rings is 2. The Balaban J connectivity index is 1.15. The van der Waals surface area contributed by atoms with Gasteiger partial charge in [-0.1, -0.05) is 133 Å². The second-order valence-electron chi connectivity index (χ2n) is 14.0. The number of hydrogen-bond donors (Lipinski definition) is 0. The fourth-order valence-corrected chi connectivity index (χ4v) is 9.14. The van der Waals surface area contributed by atoms with E-state index >= 15 is 0 Å². The van der Waals surface area contributed by atoms with Crippen molar-refractivity contribution in [3.05, 3.63) is 164 Å². The molecule has 0 aliphatic carbocycles. The number of benzene rings is 7. The van der Waals surface area contributed by atoms with Crippen LogP contribution in [0.1, 0.15) is 0 Å². The second-order valence-corrected chi connectivity index (χ2v) is 15.0. The smallest absolute Gasteiger partial charge is 0.164 e. The van der Waals surface area contributed by atoms with Crippen LogP contribution in [0, 0.1) is 0 Å². The minimum Gasteiger partial charge on any atom is -0.456 e. The van der Waals surface area contributed by atoms with Crippen molar-refractivity contribution >= 4 is 75.5 Å². The van der Waals surface area contributed by atoms with Gasteiger partial charge in [-0.15, -0.1) is 11.3 Å². The van der Waals surface area contributed by atoms with Gasteiger partial charge in [0.15, 0.2) is 23.3 Å². The van der Waals surface area contributed by atoms with Crippen LogP contribution in [-0.4, -0.2) is 24.9 Å². The summed E-state index contributed by atoms with van der Waals surface area (Å²) >= 11 is 1.70. The molecule has 0 N–H and O–H groups in total. The highest BCUT2D eigenvalue weighted by Gasteiger charge is 2.24. The van der Waals surface area contributed by atoms with E-state index in [4.69, 9.17) is 33.8 Å². The molecule has 0 unspecified atom stereocenters. The average Bonchev–Trinajstić information content (AvgIpc) is 3.98. The van der Waals surface area contributed by atoms with E-state index in [-0.39, 0.29) is 0 Å². The summed E-state index contributed by atoms with van der Waals surface area (Å²) in [6, 6.07) is 55.0. The van der Waals surface area contributed by atoms with Crippen molar-refractivity contribution in [2.45, 2.75) is 0 Å². The van der Waals surface area contributed by atoms with Gasteiger partial charge in [-0.3, -0.25) is 0 Å². The monoisotopic (exact) mass is 749 g/mol. The van der Waals surface area contributed by atoms with E-state index in [9.17, 15) is 0 Å². The molecule has 8 heteroatoms. The first-order valence-corrected chi connectivity index (χ1v) is 19.5. The fourth-order valence-electron chi connectivity index (χ4n) is 8.00. The lowest BCUT2D eigenvalue weighted by atomic mass is 9.99. The molecule has 5 heterocycles. The predicted molar refractivity (Wildman–Crippen MR) is 230 cm³/mol. The maximum atomic E-state index is 6.66. The van der Waals surface area contributed by atoms with Crippen LogP contribution in [0.25, 0.3) is 121 Å². The molecule has 0 spiro atoms. The molecule has 5 aromatic heterocycles. The number of fused-ring (bicyclic) bond motifs is 9. The highest BCUT2D eigenvalue weighted by Crippen LogP contribution is 2.46. The van der Waals surface area contributed by atoms with Gasteiger partial charge in [-0.25, -0.2) is 24.9 Å². The Bertz CT molecular complexity index is 3480. The van der Waals surface area contributed by atoms with E-state index in [1.165, 1.54) is 0 Å². The zero-order chi connectivity index (χ0) is 37.5. The molecule has 7 nitrogen and oxygen atoms in total. The van der Waals surface area contributed by atoms with Crippen molar-refractivity contribution in [1.82, 2.24) is 24.9 Å². The predicted octanol–water partition coefficient (Wildman–Crippen LogP) is 13.2. The first kappa shape index (κ1) is 31.8. The standard InChI is InChI=1S/C49H27N5O2S/c1-3-14-28(15-4-1)46-52-47(29-16-5-2-6-17-29)54-48(53-46)34-22-13-26-38-41(34)40-33(21-12-25-37(40)55-38)43-45-42(32-19-8-10-27-39(32)57-45)50-49(51-43)35-23-11-20-31-30-18-7-9-24-36(30)56-44(31)35/h1-27H. The fraction of sp³-hybridized carbons (Fsp3) is 0. The number of para-hydroxylation sites is 2. The van der Waals surface area contributed by atoms with Crippen LogP contribution >= 0.6 is 11.3 Å². The Morgan fingerprint density at radius 3 is 1.67 bits per heavy atom. The van der Waals surface area contributed by atoms with E-state index in [1.54, 1.807) is 11.3 Å². The number of aromatic nitrogens is 5. The number of thiophene rings is 1. The molecule has 57 heavy (non-hydrogen) atoms. The first-order chi connectivity index (χ1) is 28.2. The van der Waals surface area contributed by atoms with Gasteiger partial charge in [0.1, 0.15) is 22.3 Å². The lowest BCUT2D eigenvalue weighted by Crippen LogP contribution is -2.00. The summed E-state index contributed by atoms with van der Waals surface area (Å²) in [6.07, 6.45) is 0. The summed E-state index contributed by atoms with van der Waals surface area (Å²) in [5.74, 6) is 2.33. The molecule has 12 aromatic rings. The summed E-state index contributed by atoms with van der Waals surface area (Å²) in [6.45, 7) is 0. The summed E-state index contributed by atoms with van der Waals surface area (Å²) < 4.78 is 15.3. The Hall–Kier alpha value is -7.55. The van der Waals surface area contributed by atoms with Crippen LogP contribution in [0.15, 0.2) is 173 Å². The summed E-state index contributed by atoms with van der Waals surface area (Å²) in [5, 5.41) is 5.00. The molecule has 0 amide bonds. The van der Waals surface area contributed by atoms with Crippen LogP contribution in [0.4, 0.5) is 0 Å². The second kappa shape index (κ2) is 12.5. The molecule has 0 radical (unpaired) electrons. The maximum Gasteiger partial charge on any atom is 0.164 e. The summed E-state index contributed by atoms with van der Waals surface area (Å²) in [4.78, 5) is 26.0. The third-order valence-electron chi connectivity index (χ3n) is 10.6. The van der Waals surface area contributed by atoms with Gasteiger partial charge in [-0.2, -0.15) is 0 Å². The number of hydrogen-bond acceptors (Lipinski definition) is 8. The third-order valence-corrected chi connectivity index (χ3v) is 11.7. The van der Waals surface area contributed by atoms with E-state index in [1.807, 2.05) is 109 Å². The van der Waals surface area contributed by atoms with E-state index in [2.05, 4.69) is 54.6 Å². The minimum absolute atomic E-state index is 0.553. The molecule has 0 saturated heterocycles. The SMILES string of the molecule is c1ccc(-c2nc(-c3ccccc3)nc(-c3cccc4oc5cccc(-c6nc(-c7cccc8c7oc7ccccc78)nc7c6sc6ccccc67)c5c34)n2)cc1. The lowest BCUT2D eigenvalue weighted by Gasteiger charge is -2.11. The van der Waals surface area contributed by atoms with Crippen LogP contribution < -0.4 is 0 Å². The molecule has 0 aliphatic rings. The van der Waals surface area contributed by atoms with Crippen LogP contribution in [0.3, 0.4) is 0 Å². The molecule has 0 fully saturated rings. The Kier molecular flexibility index (Phi) is 6.96. The van der Waals surface area contributed by atoms with Gasteiger partial charge < -0.3 is 8.83 Å². The molecule has 266 valence electrons. The van der Waals surface area contributed by atoms with Gasteiger partial charge in [0.25, 0.3) is 0 Å². The highest BCUT2D eigenvalue weighted by molar-refractivity contribution is 7.26. The van der Waals surface area contributed by atoms with E-state index in [0.29, 0.717) is 23.3 Å². The quantitative estimate of drug-likeness (QED) is 0.173. The molecular weight excluding hydrogens is 723 g/mol. The Morgan fingerprint density at radius 1 is 0.368 bits per heavy atom. The number of nitrogens with zero attached hydrogens (tertiary/aromatic N) is 5. The zero-order valence-corrected chi connectivity index (χ0v) is 30.9. The van der Waals surface area contributed by atoms with Gasteiger partial charge in [0, 0.05) is 53.9 Å². The van der Waals surface area contributed by atoms with Gasteiger partial charge >= 0.3 is 0 Å². The van der Waals surface area contributed by atoms with Gasteiger partial charge in [-0.05, 0) is 30.3 Å². The molecule has 12 rings (SSSR count). The van der Waals surface area contributed by atoms with Crippen LogP contribution in [0.5, 0.6) is 0 Å². The van der Waals surface area contributed by atoms with Crippen LogP contribution in [-0.2, 0) is 0 Å². The minimum atomic E-state index is 0.553. The molecule has 0 saturated carbocycles. The molecule has 0 bridgehead atoms. The Labute approximate surface area is 328 Å². The average molecular weight is 750 g/mol. The topological polar surface area (TPSA) is 90.7 Å². The highest BCUT2D eigenvalue weighted by atomic mass is 32.1. The molecule has 0 atom stereocenters. The van der Waals surface area contributed by atoms with Crippen molar-refractivity contribution in [1.29, 1.82) is 0 Å². The van der Waals surface area contributed by atoms with Crippen molar-refractivity contribution in [3.8, 4) is 56.8 Å². The normalized spacial score (nSPS) is 11.9. The Morgan fingerprint density at radius 2 is 0.912 bits per heavy atom. The van der Waals surface area contributed by atoms with Crippen molar-refractivity contribution in [3.63, 3.8) is 0 Å². The summed E-state index contributed by atoms with van der Waals surface area (Å²) in [5.41, 5.74) is 9.18. The molecule has 0 aliphatic heterocycles. The number of rotatable bonds is 5. The van der Waals surface area contributed by atoms with Crippen LogP contribution in [0.2, 0.25) is 0 Å². The van der Waals surface area contributed by atoms with Crippen molar-refractivity contribution in [2.24, 2.45) is 0 Å². The van der Waals surface area contributed by atoms with Crippen molar-refractivity contribution < 1.29 is 8.83 Å². The van der Waals surface area contributed by atoms with Gasteiger partial charge in [0.05, 0.1) is 21.5 Å².